The van der Waals surface area contributed by atoms with Crippen molar-refractivity contribution >= 4 is 6.09 Å². The number of hydrogen-bond acceptors (Lipinski definition) is 3. The molecule has 1 aromatic carbocycles. The second kappa shape index (κ2) is 8.92. The Labute approximate surface area is 141 Å². The van der Waals surface area contributed by atoms with Crippen molar-refractivity contribution in [3.63, 3.8) is 0 Å². The molecule has 2 unspecified atom stereocenters. The van der Waals surface area contributed by atoms with E-state index >= 15 is 0 Å². The fourth-order valence-corrected chi connectivity index (χ4v) is 2.41. The number of hydrogen-bond donors (Lipinski definition) is 2. The average Bonchev–Trinajstić information content (AvgIpc) is 2.43. The summed E-state index contributed by atoms with van der Waals surface area (Å²) < 4.78 is 5.26. The number of nitrogens with one attached hydrogen (secondary N) is 2. The fourth-order valence-electron chi connectivity index (χ4n) is 2.41. The summed E-state index contributed by atoms with van der Waals surface area (Å²) in [7, 11) is 0. The molecule has 1 rings (SSSR count). The first kappa shape index (κ1) is 19.5. The average molecular weight is 320 g/mol. The molecule has 0 bridgehead atoms. The van der Waals surface area contributed by atoms with E-state index in [2.05, 4.69) is 55.7 Å². The Kier molecular flexibility index (Phi) is 7.56. The monoisotopic (exact) mass is 320 g/mol. The Morgan fingerprint density at radius 1 is 1.13 bits per heavy atom. The van der Waals surface area contributed by atoms with Crippen LogP contribution in [0.25, 0.3) is 0 Å². The van der Waals surface area contributed by atoms with E-state index in [9.17, 15) is 4.79 Å². The smallest absolute Gasteiger partial charge is 0.407 e. The van der Waals surface area contributed by atoms with E-state index in [1.165, 1.54) is 5.56 Å². The van der Waals surface area contributed by atoms with Crippen LogP contribution in [0.15, 0.2) is 30.3 Å². The largest absolute Gasteiger partial charge is 0.444 e. The lowest BCUT2D eigenvalue weighted by atomic mass is 9.96. The Balaban J connectivity index is 2.54. The molecule has 0 radical (unpaired) electrons. The van der Waals surface area contributed by atoms with Crippen LogP contribution in [0.2, 0.25) is 0 Å². The Morgan fingerprint density at radius 2 is 1.74 bits per heavy atom. The SMILES string of the molecule is CC(C)CC(NC(C)CNC(=O)OC(C)(C)C)c1ccccc1. The Bertz CT molecular complexity index is 466. The highest BCUT2D eigenvalue weighted by molar-refractivity contribution is 5.67. The van der Waals surface area contributed by atoms with Crippen LogP contribution in [0, 0.1) is 5.92 Å². The normalized spacial score (nSPS) is 14.4. The highest BCUT2D eigenvalue weighted by atomic mass is 16.6. The summed E-state index contributed by atoms with van der Waals surface area (Å²) in [5, 5.41) is 6.44. The summed E-state index contributed by atoms with van der Waals surface area (Å²) in [5.74, 6) is 0.596. The van der Waals surface area contributed by atoms with Gasteiger partial charge in [0, 0.05) is 18.6 Å². The Morgan fingerprint density at radius 3 is 2.26 bits per heavy atom. The maximum Gasteiger partial charge on any atom is 0.407 e. The van der Waals surface area contributed by atoms with E-state index in [0.717, 1.165) is 6.42 Å². The third-order valence-corrected chi connectivity index (χ3v) is 3.35. The molecule has 0 heterocycles. The molecule has 1 amide bonds. The van der Waals surface area contributed by atoms with Crippen LogP contribution in [0.3, 0.4) is 0 Å². The topological polar surface area (TPSA) is 50.4 Å². The summed E-state index contributed by atoms with van der Waals surface area (Å²) in [6.07, 6.45) is 0.687. The van der Waals surface area contributed by atoms with E-state index in [-0.39, 0.29) is 18.2 Å². The van der Waals surface area contributed by atoms with Gasteiger partial charge >= 0.3 is 6.09 Å². The molecule has 130 valence electrons. The first-order valence-corrected chi connectivity index (χ1v) is 8.45. The zero-order valence-electron chi connectivity index (χ0n) is 15.3. The number of alkyl carbamates (subject to hydrolysis) is 1. The Hall–Kier alpha value is -1.55. The van der Waals surface area contributed by atoms with Gasteiger partial charge in [0.25, 0.3) is 0 Å². The van der Waals surface area contributed by atoms with E-state index in [1.807, 2.05) is 26.8 Å². The molecule has 23 heavy (non-hydrogen) atoms. The molecule has 0 saturated carbocycles. The lowest BCUT2D eigenvalue weighted by molar-refractivity contribution is 0.0522. The van der Waals surface area contributed by atoms with Gasteiger partial charge in [0.2, 0.25) is 0 Å². The van der Waals surface area contributed by atoms with E-state index in [1.54, 1.807) is 0 Å². The minimum absolute atomic E-state index is 0.159. The van der Waals surface area contributed by atoms with Crippen LogP contribution in [-0.4, -0.2) is 24.3 Å². The van der Waals surface area contributed by atoms with Gasteiger partial charge in [-0.2, -0.15) is 0 Å². The van der Waals surface area contributed by atoms with Gasteiger partial charge in [-0.1, -0.05) is 44.2 Å². The number of carbonyl (C=O) groups excluding carboxylic acids is 1. The molecule has 0 spiro atoms. The maximum atomic E-state index is 11.7. The molecule has 2 N–H and O–H groups in total. The van der Waals surface area contributed by atoms with Crippen molar-refractivity contribution in [3.05, 3.63) is 35.9 Å². The highest BCUT2D eigenvalue weighted by Gasteiger charge is 2.18. The van der Waals surface area contributed by atoms with Crippen molar-refractivity contribution < 1.29 is 9.53 Å². The van der Waals surface area contributed by atoms with Crippen molar-refractivity contribution in [3.8, 4) is 0 Å². The summed E-state index contributed by atoms with van der Waals surface area (Å²) in [6.45, 7) is 12.7. The molecular weight excluding hydrogens is 288 g/mol. The third kappa shape index (κ3) is 8.60. The van der Waals surface area contributed by atoms with Gasteiger partial charge in [0.1, 0.15) is 5.60 Å². The van der Waals surface area contributed by atoms with Gasteiger partial charge in [-0.3, -0.25) is 0 Å². The van der Waals surface area contributed by atoms with Crippen molar-refractivity contribution in [1.82, 2.24) is 10.6 Å². The van der Waals surface area contributed by atoms with Gasteiger partial charge in [0.05, 0.1) is 0 Å². The lowest BCUT2D eigenvalue weighted by Gasteiger charge is -2.26. The molecule has 4 nitrogen and oxygen atoms in total. The maximum absolute atomic E-state index is 11.7. The van der Waals surface area contributed by atoms with E-state index < -0.39 is 5.60 Å². The third-order valence-electron chi connectivity index (χ3n) is 3.35. The second-order valence-corrected chi connectivity index (χ2v) is 7.54. The first-order chi connectivity index (χ1) is 10.7. The van der Waals surface area contributed by atoms with Gasteiger partial charge in [0.15, 0.2) is 0 Å². The molecule has 0 aliphatic rings. The van der Waals surface area contributed by atoms with Crippen LogP contribution in [0.1, 0.15) is 59.6 Å². The minimum Gasteiger partial charge on any atom is -0.444 e. The predicted octanol–water partition coefficient (Wildman–Crippen LogP) is 4.28. The molecular formula is C19H32N2O2. The predicted molar refractivity (Wildman–Crippen MR) is 95.5 cm³/mol. The van der Waals surface area contributed by atoms with E-state index in [0.29, 0.717) is 12.5 Å². The summed E-state index contributed by atoms with van der Waals surface area (Å²) in [5.41, 5.74) is 0.815. The standard InChI is InChI=1S/C19H32N2O2/c1-14(2)12-17(16-10-8-7-9-11-16)21-15(3)13-20-18(22)23-19(4,5)6/h7-11,14-15,17,21H,12-13H2,1-6H3,(H,20,22). The molecule has 0 aromatic heterocycles. The zero-order chi connectivity index (χ0) is 17.5. The molecule has 0 saturated heterocycles. The second-order valence-electron chi connectivity index (χ2n) is 7.54. The molecule has 0 fully saturated rings. The number of benzene rings is 1. The lowest BCUT2D eigenvalue weighted by Crippen LogP contribution is -2.42. The van der Waals surface area contributed by atoms with Crippen LogP contribution in [0.5, 0.6) is 0 Å². The van der Waals surface area contributed by atoms with Crippen molar-refractivity contribution in [2.45, 2.75) is 65.6 Å². The van der Waals surface area contributed by atoms with Crippen LogP contribution >= 0.6 is 0 Å². The number of rotatable bonds is 7. The fraction of sp³-hybridized carbons (Fsp3) is 0.632. The first-order valence-electron chi connectivity index (χ1n) is 8.45. The number of ether oxygens (including phenoxy) is 1. The highest BCUT2D eigenvalue weighted by Crippen LogP contribution is 2.21. The molecule has 1 aromatic rings. The van der Waals surface area contributed by atoms with Gasteiger partial charge in [-0.25, -0.2) is 4.79 Å². The summed E-state index contributed by atoms with van der Waals surface area (Å²) in [4.78, 5) is 11.7. The summed E-state index contributed by atoms with van der Waals surface area (Å²) in [6, 6.07) is 10.9. The quantitative estimate of drug-likeness (QED) is 0.788. The van der Waals surface area contributed by atoms with Crippen LogP contribution < -0.4 is 10.6 Å². The molecule has 0 aliphatic carbocycles. The number of amides is 1. The van der Waals surface area contributed by atoms with Crippen molar-refractivity contribution in [2.75, 3.05) is 6.54 Å². The summed E-state index contributed by atoms with van der Waals surface area (Å²) >= 11 is 0. The number of carbonyl (C=O) groups is 1. The van der Waals surface area contributed by atoms with Gasteiger partial charge < -0.3 is 15.4 Å². The minimum atomic E-state index is -0.467. The van der Waals surface area contributed by atoms with Crippen LogP contribution in [-0.2, 0) is 4.74 Å². The van der Waals surface area contributed by atoms with Crippen molar-refractivity contribution in [1.29, 1.82) is 0 Å². The van der Waals surface area contributed by atoms with Gasteiger partial charge in [-0.05, 0) is 45.6 Å². The van der Waals surface area contributed by atoms with Gasteiger partial charge in [-0.15, -0.1) is 0 Å². The van der Waals surface area contributed by atoms with Crippen molar-refractivity contribution in [2.24, 2.45) is 5.92 Å². The zero-order valence-corrected chi connectivity index (χ0v) is 15.3. The molecule has 0 aliphatic heterocycles. The van der Waals surface area contributed by atoms with E-state index in [4.69, 9.17) is 4.74 Å². The van der Waals surface area contributed by atoms with Crippen LogP contribution in [0.4, 0.5) is 4.79 Å². The molecule has 4 heteroatoms. The molecule has 2 atom stereocenters.